The molecule has 1 aromatic heterocycles. The molecule has 0 saturated carbocycles. The van der Waals surface area contributed by atoms with E-state index in [1.165, 1.54) is 0 Å². The van der Waals surface area contributed by atoms with Crippen molar-refractivity contribution in [1.29, 1.82) is 0 Å². The number of carbonyl (C=O) groups excluding carboxylic acids is 1. The standard InChI is InChI=1S/C21H16IN3O2/c1-27-19-11-8-14(20-23-16-4-2-3-5-17(16)24-20)12-18(19)25-21(26)13-6-9-15(22)10-7-13/h2-12H,1H3,(H,23,24)(H,25,26). The van der Waals surface area contributed by atoms with Gasteiger partial charge in [0, 0.05) is 14.7 Å². The van der Waals surface area contributed by atoms with Crippen molar-refractivity contribution >= 4 is 45.2 Å². The molecule has 134 valence electrons. The molecule has 2 N–H and O–H groups in total. The largest absolute Gasteiger partial charge is 0.495 e. The van der Waals surface area contributed by atoms with Gasteiger partial charge < -0.3 is 15.0 Å². The lowest BCUT2D eigenvalue weighted by Gasteiger charge is -2.11. The lowest BCUT2D eigenvalue weighted by Crippen LogP contribution is -2.12. The van der Waals surface area contributed by atoms with Gasteiger partial charge in [0.15, 0.2) is 0 Å². The van der Waals surface area contributed by atoms with Crippen molar-refractivity contribution in [3.8, 4) is 17.1 Å². The van der Waals surface area contributed by atoms with E-state index in [9.17, 15) is 4.79 Å². The fourth-order valence-electron chi connectivity index (χ4n) is 2.84. The third-order valence-corrected chi connectivity index (χ3v) is 4.94. The SMILES string of the molecule is COc1ccc(-c2nc3ccccc3[nH]2)cc1NC(=O)c1ccc(I)cc1. The molecule has 0 fully saturated rings. The van der Waals surface area contributed by atoms with Gasteiger partial charge in [0.05, 0.1) is 23.8 Å². The van der Waals surface area contributed by atoms with Crippen molar-refractivity contribution in [2.24, 2.45) is 0 Å². The first-order valence-corrected chi connectivity index (χ1v) is 9.42. The zero-order valence-corrected chi connectivity index (χ0v) is 16.7. The lowest BCUT2D eigenvalue weighted by molar-refractivity contribution is 0.102. The molecular formula is C21H16IN3O2. The number of hydrogen-bond acceptors (Lipinski definition) is 3. The van der Waals surface area contributed by atoms with Crippen LogP contribution in [0.25, 0.3) is 22.4 Å². The number of methoxy groups -OCH3 is 1. The first-order valence-electron chi connectivity index (χ1n) is 8.34. The minimum Gasteiger partial charge on any atom is -0.495 e. The minimum absolute atomic E-state index is 0.188. The highest BCUT2D eigenvalue weighted by Gasteiger charge is 2.13. The Labute approximate surface area is 169 Å². The number of amides is 1. The topological polar surface area (TPSA) is 67.0 Å². The highest BCUT2D eigenvalue weighted by molar-refractivity contribution is 14.1. The van der Waals surface area contributed by atoms with Crippen LogP contribution in [0, 0.1) is 3.57 Å². The van der Waals surface area contributed by atoms with Crippen LogP contribution in [0.15, 0.2) is 66.7 Å². The molecule has 6 heteroatoms. The first kappa shape index (κ1) is 17.5. The van der Waals surface area contributed by atoms with Crippen molar-refractivity contribution in [2.75, 3.05) is 12.4 Å². The molecule has 0 aliphatic carbocycles. The number of aromatic nitrogens is 2. The Balaban J connectivity index is 1.68. The number of hydrogen-bond donors (Lipinski definition) is 2. The van der Waals surface area contributed by atoms with Crippen molar-refractivity contribution in [1.82, 2.24) is 9.97 Å². The number of para-hydroxylation sites is 2. The fraction of sp³-hybridized carbons (Fsp3) is 0.0476. The molecule has 0 spiro atoms. The van der Waals surface area contributed by atoms with Gasteiger partial charge in [0.2, 0.25) is 0 Å². The quantitative estimate of drug-likeness (QED) is 0.409. The van der Waals surface area contributed by atoms with E-state index in [0.29, 0.717) is 17.0 Å². The van der Waals surface area contributed by atoms with E-state index in [-0.39, 0.29) is 5.91 Å². The summed E-state index contributed by atoms with van der Waals surface area (Å²) in [6.07, 6.45) is 0. The highest BCUT2D eigenvalue weighted by Crippen LogP contribution is 2.30. The third kappa shape index (κ3) is 3.66. The monoisotopic (exact) mass is 469 g/mol. The van der Waals surface area contributed by atoms with Crippen LogP contribution < -0.4 is 10.1 Å². The van der Waals surface area contributed by atoms with E-state index in [4.69, 9.17) is 4.74 Å². The molecule has 3 aromatic carbocycles. The van der Waals surface area contributed by atoms with E-state index in [1.54, 1.807) is 19.2 Å². The highest BCUT2D eigenvalue weighted by atomic mass is 127. The second-order valence-electron chi connectivity index (χ2n) is 5.98. The van der Waals surface area contributed by atoms with Crippen LogP contribution in [-0.4, -0.2) is 23.0 Å². The Morgan fingerprint density at radius 3 is 2.59 bits per heavy atom. The summed E-state index contributed by atoms with van der Waals surface area (Å²) >= 11 is 2.21. The second kappa shape index (κ2) is 7.40. The summed E-state index contributed by atoms with van der Waals surface area (Å²) in [5.41, 5.74) is 3.91. The number of rotatable bonds is 4. The third-order valence-electron chi connectivity index (χ3n) is 4.22. The first-order chi connectivity index (χ1) is 13.1. The van der Waals surface area contributed by atoms with E-state index in [1.807, 2.05) is 54.6 Å². The summed E-state index contributed by atoms with van der Waals surface area (Å²) in [6.45, 7) is 0. The van der Waals surface area contributed by atoms with Crippen molar-refractivity contribution in [3.63, 3.8) is 0 Å². The van der Waals surface area contributed by atoms with Crippen LogP contribution in [0.4, 0.5) is 5.69 Å². The van der Waals surface area contributed by atoms with Crippen LogP contribution in [0.1, 0.15) is 10.4 Å². The van der Waals surface area contributed by atoms with Crippen LogP contribution in [0.2, 0.25) is 0 Å². The van der Waals surface area contributed by atoms with Crippen molar-refractivity contribution in [3.05, 3.63) is 75.9 Å². The van der Waals surface area contributed by atoms with Gasteiger partial charge in [0.25, 0.3) is 5.91 Å². The van der Waals surface area contributed by atoms with Crippen molar-refractivity contribution in [2.45, 2.75) is 0 Å². The van der Waals surface area contributed by atoms with Gasteiger partial charge in [-0.1, -0.05) is 12.1 Å². The van der Waals surface area contributed by atoms with E-state index >= 15 is 0 Å². The molecule has 5 nitrogen and oxygen atoms in total. The Bertz CT molecular complexity index is 1090. The maximum atomic E-state index is 12.6. The number of fused-ring (bicyclic) bond motifs is 1. The summed E-state index contributed by atoms with van der Waals surface area (Å²) in [5, 5.41) is 2.93. The number of anilines is 1. The van der Waals surface area contributed by atoms with Crippen LogP contribution >= 0.6 is 22.6 Å². The zero-order chi connectivity index (χ0) is 18.8. The molecule has 0 atom stereocenters. The second-order valence-corrected chi connectivity index (χ2v) is 7.22. The number of aromatic amines is 1. The molecule has 0 aliphatic rings. The zero-order valence-electron chi connectivity index (χ0n) is 14.5. The Kier molecular flexibility index (Phi) is 4.81. The predicted molar refractivity (Wildman–Crippen MR) is 115 cm³/mol. The van der Waals surface area contributed by atoms with E-state index < -0.39 is 0 Å². The maximum Gasteiger partial charge on any atom is 0.255 e. The average Bonchev–Trinajstić information content (AvgIpc) is 3.12. The molecular weight excluding hydrogens is 453 g/mol. The van der Waals surface area contributed by atoms with Crippen LogP contribution in [0.3, 0.4) is 0 Å². The molecule has 0 radical (unpaired) electrons. The summed E-state index contributed by atoms with van der Waals surface area (Å²) < 4.78 is 6.48. The lowest BCUT2D eigenvalue weighted by atomic mass is 10.1. The van der Waals surface area contributed by atoms with E-state index in [0.717, 1.165) is 26.0 Å². The Morgan fingerprint density at radius 2 is 1.85 bits per heavy atom. The smallest absolute Gasteiger partial charge is 0.255 e. The van der Waals surface area contributed by atoms with Crippen LogP contribution in [0.5, 0.6) is 5.75 Å². The van der Waals surface area contributed by atoms with Gasteiger partial charge in [-0.25, -0.2) is 4.98 Å². The normalized spacial score (nSPS) is 10.7. The molecule has 0 aliphatic heterocycles. The van der Waals surface area contributed by atoms with Gasteiger partial charge in [-0.15, -0.1) is 0 Å². The number of nitrogens with one attached hydrogen (secondary N) is 2. The number of H-pyrrole nitrogens is 1. The molecule has 0 bridgehead atoms. The number of carbonyl (C=O) groups is 1. The molecule has 0 saturated heterocycles. The number of imidazole rings is 1. The number of nitrogens with zero attached hydrogens (tertiary/aromatic N) is 1. The summed E-state index contributed by atoms with van der Waals surface area (Å²) in [4.78, 5) is 20.5. The Morgan fingerprint density at radius 1 is 1.07 bits per heavy atom. The summed E-state index contributed by atoms with van der Waals surface area (Å²) in [7, 11) is 1.58. The molecule has 1 amide bonds. The molecule has 0 unspecified atom stereocenters. The van der Waals surface area contributed by atoms with E-state index in [2.05, 4.69) is 37.9 Å². The van der Waals surface area contributed by atoms with Gasteiger partial charge >= 0.3 is 0 Å². The minimum atomic E-state index is -0.188. The molecule has 4 aromatic rings. The molecule has 4 rings (SSSR count). The van der Waals surface area contributed by atoms with Gasteiger partial charge in [-0.2, -0.15) is 0 Å². The van der Waals surface area contributed by atoms with Gasteiger partial charge in [-0.05, 0) is 77.2 Å². The molecule has 27 heavy (non-hydrogen) atoms. The summed E-state index contributed by atoms with van der Waals surface area (Å²) in [6, 6.07) is 20.9. The van der Waals surface area contributed by atoms with Crippen LogP contribution in [-0.2, 0) is 0 Å². The predicted octanol–water partition coefficient (Wildman–Crippen LogP) is 5.10. The number of halogens is 1. The molecule has 1 heterocycles. The van der Waals surface area contributed by atoms with Gasteiger partial charge in [-0.3, -0.25) is 4.79 Å². The Hall–Kier alpha value is -2.87. The van der Waals surface area contributed by atoms with Crippen molar-refractivity contribution < 1.29 is 9.53 Å². The van der Waals surface area contributed by atoms with Gasteiger partial charge in [0.1, 0.15) is 11.6 Å². The summed E-state index contributed by atoms with van der Waals surface area (Å²) in [5.74, 6) is 1.14. The fourth-order valence-corrected chi connectivity index (χ4v) is 3.20. The number of ether oxygens (including phenoxy) is 1. The number of benzene rings is 3. The maximum absolute atomic E-state index is 12.6. The average molecular weight is 469 g/mol.